The molecule has 0 amide bonds. The number of nitrogens with zero attached hydrogens (tertiary/aromatic N) is 4. The number of aliphatic imine (C=N–C) groups is 1. The van der Waals surface area contributed by atoms with E-state index in [1.54, 1.807) is 28.2 Å². The van der Waals surface area contributed by atoms with Gasteiger partial charge in [-0.2, -0.15) is 4.55 Å². The first-order chi connectivity index (χ1) is 18.8. The summed E-state index contributed by atoms with van der Waals surface area (Å²) >= 11 is 4.35. The second-order valence-corrected chi connectivity index (χ2v) is 11.6. The van der Waals surface area contributed by atoms with Crippen LogP contribution in [0.4, 0.5) is 17.1 Å². The average molecular weight is 565 g/mol. The Balaban J connectivity index is 1.31. The lowest BCUT2D eigenvalue weighted by atomic mass is 10.1. The number of nitrogens with one attached hydrogen (secondary N) is 1. The van der Waals surface area contributed by atoms with Crippen molar-refractivity contribution in [2.24, 2.45) is 4.99 Å². The fourth-order valence-corrected chi connectivity index (χ4v) is 6.28. The predicted octanol–water partition coefficient (Wildman–Crippen LogP) is 6.28. The van der Waals surface area contributed by atoms with E-state index in [0.29, 0.717) is 31.1 Å². The van der Waals surface area contributed by atoms with Crippen LogP contribution in [0.15, 0.2) is 88.1 Å². The molecule has 1 atom stereocenters. The molecule has 0 spiro atoms. The summed E-state index contributed by atoms with van der Waals surface area (Å²) in [5.41, 5.74) is 6.06. The maximum Gasteiger partial charge on any atom is 0.325 e. The van der Waals surface area contributed by atoms with Crippen LogP contribution in [0.1, 0.15) is 25.0 Å². The predicted molar refractivity (Wildman–Crippen MR) is 169 cm³/mol. The van der Waals surface area contributed by atoms with Crippen LogP contribution in [0.5, 0.6) is 0 Å². The topological polar surface area (TPSA) is 71.4 Å². The number of thiol groups is 1. The van der Waals surface area contributed by atoms with E-state index >= 15 is 0 Å². The molecule has 206 valence electrons. The molecule has 2 N–H and O–H groups in total. The van der Waals surface area contributed by atoms with Crippen LogP contribution < -0.4 is 15.1 Å². The summed E-state index contributed by atoms with van der Waals surface area (Å²) in [5.74, 6) is 0. The number of aryl methyl sites for hydroxylation is 1. The third-order valence-electron chi connectivity index (χ3n) is 7.00. The fourth-order valence-electron chi connectivity index (χ4n) is 4.62. The molecule has 0 radical (unpaired) electrons. The van der Waals surface area contributed by atoms with Crippen LogP contribution in [0, 0.1) is 6.92 Å². The Morgan fingerprint density at radius 2 is 1.59 bits per heavy atom. The summed E-state index contributed by atoms with van der Waals surface area (Å²) in [6, 6.07) is 23.8. The van der Waals surface area contributed by atoms with E-state index in [1.165, 1.54) is 5.69 Å². The first kappa shape index (κ1) is 28.9. The zero-order chi connectivity index (χ0) is 27.8. The highest BCUT2D eigenvalue weighted by Gasteiger charge is 2.40. The van der Waals surface area contributed by atoms with Gasteiger partial charge in [0.25, 0.3) is 0 Å². The molecule has 3 aromatic carbocycles. The molecule has 1 fully saturated rings. The van der Waals surface area contributed by atoms with Crippen molar-refractivity contribution in [3.63, 3.8) is 0 Å². The van der Waals surface area contributed by atoms with E-state index in [2.05, 4.69) is 83.0 Å². The van der Waals surface area contributed by atoms with Crippen LogP contribution in [-0.2, 0) is 14.6 Å². The van der Waals surface area contributed by atoms with Gasteiger partial charge in [0.15, 0.2) is 0 Å². The molecule has 1 aliphatic heterocycles. The third-order valence-corrected chi connectivity index (χ3v) is 9.19. The smallest absolute Gasteiger partial charge is 0.325 e. The minimum absolute atomic E-state index is 0.464. The monoisotopic (exact) mass is 564 g/mol. The van der Waals surface area contributed by atoms with E-state index in [0.717, 1.165) is 41.3 Å². The molecular formula is C30H38N5O2S2+. The number of anilines is 3. The van der Waals surface area contributed by atoms with Crippen molar-refractivity contribution in [2.75, 3.05) is 54.4 Å². The van der Waals surface area contributed by atoms with Crippen LogP contribution >= 0.6 is 12.6 Å². The Morgan fingerprint density at radius 3 is 2.15 bits per heavy atom. The standard InChI is InChI=1S/C30H37N5O2S2/c1-4-33(5-2)27-12-8-25(9-13-27)30(22-38)32-23-31-26-10-14-28(15-11-26)34-18-20-35(21-19-34)39(36,37)29-16-6-24(3)7-17-29/h6-17,22-23H,4-5,18-21H2,1-3H3,(H2-,31,32,36,37,38)/p+1/b30-22-. The number of benzene rings is 3. The normalized spacial score (nSPS) is 16.3. The van der Waals surface area contributed by atoms with Crippen LogP contribution in [-0.4, -0.2) is 54.5 Å². The first-order valence-corrected chi connectivity index (χ1v) is 15.3. The van der Waals surface area contributed by atoms with Gasteiger partial charge >= 0.3 is 10.4 Å². The van der Waals surface area contributed by atoms with Crippen LogP contribution in [0.25, 0.3) is 5.70 Å². The Labute approximate surface area is 239 Å². The van der Waals surface area contributed by atoms with Crippen LogP contribution in [0.3, 0.4) is 0 Å². The number of rotatable bonds is 10. The summed E-state index contributed by atoms with van der Waals surface area (Å²) in [6.45, 7) is 10.6. The lowest BCUT2D eigenvalue weighted by molar-refractivity contribution is 0.346. The van der Waals surface area contributed by atoms with Crippen molar-refractivity contribution in [1.82, 2.24) is 4.31 Å². The fraction of sp³-hybridized carbons (Fsp3) is 0.300. The number of piperazine rings is 1. The van der Waals surface area contributed by atoms with E-state index < -0.39 is 10.4 Å². The molecule has 1 saturated heterocycles. The zero-order valence-corrected chi connectivity index (χ0v) is 24.5. The summed E-state index contributed by atoms with van der Waals surface area (Å²) in [5, 5.41) is 4.94. The second-order valence-electron chi connectivity index (χ2n) is 9.41. The average Bonchev–Trinajstić information content (AvgIpc) is 2.97. The van der Waals surface area contributed by atoms with Crippen molar-refractivity contribution >= 4 is 52.1 Å². The quantitative estimate of drug-likeness (QED) is 0.117. The van der Waals surface area contributed by atoms with Gasteiger partial charge < -0.3 is 15.1 Å². The van der Waals surface area contributed by atoms with E-state index in [4.69, 9.17) is 0 Å². The highest BCUT2D eigenvalue weighted by molar-refractivity contribution is 7.95. The zero-order valence-electron chi connectivity index (χ0n) is 22.8. The molecule has 1 heterocycles. The minimum atomic E-state index is -3.22. The molecule has 0 bridgehead atoms. The van der Waals surface area contributed by atoms with Gasteiger partial charge in [0.05, 0.1) is 25.1 Å². The Morgan fingerprint density at radius 1 is 0.974 bits per heavy atom. The maximum atomic E-state index is 13.1. The molecule has 39 heavy (non-hydrogen) atoms. The molecule has 4 rings (SSSR count). The van der Waals surface area contributed by atoms with E-state index in [9.17, 15) is 8.76 Å². The molecule has 1 aliphatic rings. The highest BCUT2D eigenvalue weighted by atomic mass is 32.3. The van der Waals surface area contributed by atoms with Gasteiger partial charge in [-0.15, -0.1) is 12.6 Å². The van der Waals surface area contributed by atoms with Gasteiger partial charge in [-0.05, 0) is 78.9 Å². The van der Waals surface area contributed by atoms with Gasteiger partial charge in [-0.25, -0.2) is 4.99 Å². The molecule has 0 saturated carbocycles. The van der Waals surface area contributed by atoms with Gasteiger partial charge in [-0.1, -0.05) is 34.1 Å². The summed E-state index contributed by atoms with van der Waals surface area (Å²) in [4.78, 5) is 9.57. The van der Waals surface area contributed by atoms with Gasteiger partial charge in [0.1, 0.15) is 0 Å². The molecule has 9 heteroatoms. The molecule has 1 unspecified atom stereocenters. The number of hydrogen-bond donors (Lipinski definition) is 3. The van der Waals surface area contributed by atoms with Crippen molar-refractivity contribution in [1.29, 1.82) is 0 Å². The third kappa shape index (κ3) is 7.10. The van der Waals surface area contributed by atoms with Crippen LogP contribution in [0.2, 0.25) is 0 Å². The summed E-state index contributed by atoms with van der Waals surface area (Å²) < 4.78 is 25.6. The lowest BCUT2D eigenvalue weighted by Crippen LogP contribution is -2.50. The molecule has 0 aliphatic carbocycles. The lowest BCUT2D eigenvalue weighted by Gasteiger charge is -2.33. The molecule has 7 nitrogen and oxygen atoms in total. The van der Waals surface area contributed by atoms with Crippen molar-refractivity contribution in [3.8, 4) is 0 Å². The molecule has 0 aromatic heterocycles. The Bertz CT molecular complexity index is 1310. The Hall–Kier alpha value is -3.11. The first-order valence-electron chi connectivity index (χ1n) is 13.3. The number of hydrogen-bond acceptors (Lipinski definition) is 5. The SMILES string of the molecule is CCN(CC)c1ccc(/C(=C/S)N=CNc2ccc(N3CCN([S+](=O)(O)c4ccc(C)cc4)CC3)cc2)cc1. The van der Waals surface area contributed by atoms with Gasteiger partial charge in [-0.3, -0.25) is 0 Å². The van der Waals surface area contributed by atoms with E-state index in [1.807, 2.05) is 31.2 Å². The van der Waals surface area contributed by atoms with E-state index in [-0.39, 0.29) is 0 Å². The largest absolute Gasteiger partial charge is 0.372 e. The minimum Gasteiger partial charge on any atom is -0.372 e. The van der Waals surface area contributed by atoms with Gasteiger partial charge in [0.2, 0.25) is 4.90 Å². The van der Waals surface area contributed by atoms with Crippen molar-refractivity contribution < 1.29 is 8.76 Å². The highest BCUT2D eigenvalue weighted by Crippen LogP contribution is 2.26. The molecule has 3 aromatic rings. The maximum absolute atomic E-state index is 13.1. The summed E-state index contributed by atoms with van der Waals surface area (Å²) in [7, 11) is -3.22. The second kappa shape index (κ2) is 13.3. The Kier molecular flexibility index (Phi) is 9.85. The van der Waals surface area contributed by atoms with Crippen molar-refractivity contribution in [3.05, 3.63) is 89.3 Å². The van der Waals surface area contributed by atoms with Gasteiger partial charge in [0, 0.05) is 48.8 Å². The van der Waals surface area contributed by atoms with Crippen molar-refractivity contribution in [2.45, 2.75) is 25.7 Å². The molecular weight excluding hydrogens is 526 g/mol. The summed E-state index contributed by atoms with van der Waals surface area (Å²) in [6.07, 6.45) is 1.68.